The number of rotatable bonds is 8. The van der Waals surface area contributed by atoms with Crippen LogP contribution in [0, 0.1) is 17.6 Å². The highest BCUT2D eigenvalue weighted by Gasteiger charge is 2.25. The van der Waals surface area contributed by atoms with Gasteiger partial charge in [-0.05, 0) is 95.5 Å². The molecule has 5 heteroatoms. The average molecular weight is 485 g/mol. The smallest absolute Gasteiger partial charge is 0.131 e. The van der Waals surface area contributed by atoms with Gasteiger partial charge in [-0.2, -0.15) is 0 Å². The predicted molar refractivity (Wildman–Crippen MR) is 139 cm³/mol. The average Bonchev–Trinajstić information content (AvgIpc) is 2.83. The minimum atomic E-state index is -1.16. The van der Waals surface area contributed by atoms with Crippen LogP contribution in [0.2, 0.25) is 0 Å². The summed E-state index contributed by atoms with van der Waals surface area (Å²) < 4.78 is 43.9. The van der Waals surface area contributed by atoms with E-state index in [1.807, 2.05) is 12.1 Å². The zero-order chi connectivity index (χ0) is 25.0. The Morgan fingerprint density at radius 1 is 0.914 bits per heavy atom. The second-order valence-electron chi connectivity index (χ2n) is 11.0. The van der Waals surface area contributed by atoms with Gasteiger partial charge >= 0.3 is 0 Å². The summed E-state index contributed by atoms with van der Waals surface area (Å²) >= 11 is 0. The molecule has 2 aromatic carbocycles. The van der Waals surface area contributed by atoms with Crippen LogP contribution in [0.4, 0.5) is 13.2 Å². The third kappa shape index (κ3) is 6.91. The molecule has 190 valence electrons. The highest BCUT2D eigenvalue weighted by Crippen LogP contribution is 2.31. The zero-order valence-corrected chi connectivity index (χ0v) is 21.3. The maximum absolute atomic E-state index is 15.0. The summed E-state index contributed by atoms with van der Waals surface area (Å²) in [7, 11) is 0. The van der Waals surface area contributed by atoms with E-state index in [-0.39, 0.29) is 11.4 Å². The van der Waals surface area contributed by atoms with Gasteiger partial charge in [-0.15, -0.1) is 0 Å². The molecule has 0 aromatic heterocycles. The number of benzene rings is 2. The van der Waals surface area contributed by atoms with Crippen LogP contribution in [0.3, 0.4) is 0 Å². The molecule has 0 radical (unpaired) electrons. The SMILES string of the molecule is C=C(c1ccc(-c2ccc(CCC3CCN(CC(C)(C)F)CC3)cc2F)c(F)c1)N1CCCCC1. The van der Waals surface area contributed by atoms with Crippen molar-refractivity contribution in [3.05, 3.63) is 65.7 Å². The van der Waals surface area contributed by atoms with Crippen LogP contribution in [0.1, 0.15) is 63.5 Å². The van der Waals surface area contributed by atoms with Gasteiger partial charge in [0.15, 0.2) is 0 Å². The summed E-state index contributed by atoms with van der Waals surface area (Å²) in [5, 5.41) is 0. The van der Waals surface area contributed by atoms with Crippen molar-refractivity contribution in [3.63, 3.8) is 0 Å². The molecule has 0 N–H and O–H groups in total. The summed E-state index contributed by atoms with van der Waals surface area (Å²) in [5.74, 6) is -0.228. The fourth-order valence-corrected chi connectivity index (χ4v) is 5.53. The van der Waals surface area contributed by atoms with E-state index in [2.05, 4.69) is 16.4 Å². The quantitative estimate of drug-likeness (QED) is 0.383. The molecule has 0 aliphatic carbocycles. The topological polar surface area (TPSA) is 6.48 Å². The molecule has 2 heterocycles. The lowest BCUT2D eigenvalue weighted by Crippen LogP contribution is -2.41. The van der Waals surface area contributed by atoms with E-state index in [4.69, 9.17) is 0 Å². The molecule has 0 unspecified atom stereocenters. The van der Waals surface area contributed by atoms with Crippen molar-refractivity contribution in [2.45, 2.75) is 64.5 Å². The van der Waals surface area contributed by atoms with E-state index in [1.54, 1.807) is 32.0 Å². The van der Waals surface area contributed by atoms with Gasteiger partial charge in [0.1, 0.15) is 17.3 Å². The van der Waals surface area contributed by atoms with E-state index >= 15 is 8.78 Å². The molecule has 2 saturated heterocycles. The number of nitrogens with zero attached hydrogens (tertiary/aromatic N) is 2. The van der Waals surface area contributed by atoms with Crippen molar-refractivity contribution in [3.8, 4) is 11.1 Å². The van der Waals surface area contributed by atoms with Crippen molar-refractivity contribution >= 4 is 5.70 Å². The summed E-state index contributed by atoms with van der Waals surface area (Å²) in [5.41, 5.74) is 1.95. The molecule has 0 saturated carbocycles. The van der Waals surface area contributed by atoms with Gasteiger partial charge in [0.2, 0.25) is 0 Å². The van der Waals surface area contributed by atoms with E-state index in [1.165, 1.54) is 12.5 Å². The monoisotopic (exact) mass is 484 g/mol. The number of hydrogen-bond acceptors (Lipinski definition) is 2. The fraction of sp³-hybridized carbons (Fsp3) is 0.533. The lowest BCUT2D eigenvalue weighted by atomic mass is 9.89. The third-order valence-electron chi connectivity index (χ3n) is 7.51. The molecule has 0 atom stereocenters. The minimum absolute atomic E-state index is 0.285. The van der Waals surface area contributed by atoms with Gasteiger partial charge in [-0.3, -0.25) is 0 Å². The summed E-state index contributed by atoms with van der Waals surface area (Å²) in [6.45, 7) is 11.7. The van der Waals surface area contributed by atoms with E-state index < -0.39 is 11.5 Å². The molecule has 35 heavy (non-hydrogen) atoms. The standard InChI is InChI=1S/C30H39F3N2/c1-22(35-15-5-4-6-16-35)25-10-12-27(29(32)20-25)26-11-9-24(19-28(26)31)8-7-23-13-17-34(18-14-23)21-30(2,3)33/h9-12,19-20,23H,1,4-8,13-18,21H2,2-3H3. The Labute approximate surface area is 208 Å². The first-order valence-electron chi connectivity index (χ1n) is 13.1. The molecule has 0 amide bonds. The van der Waals surface area contributed by atoms with Gasteiger partial charge in [-0.1, -0.05) is 30.8 Å². The van der Waals surface area contributed by atoms with Crippen LogP contribution in [0.25, 0.3) is 16.8 Å². The van der Waals surface area contributed by atoms with Crippen LogP contribution in [-0.2, 0) is 6.42 Å². The van der Waals surface area contributed by atoms with Crippen molar-refractivity contribution in [2.75, 3.05) is 32.7 Å². The van der Waals surface area contributed by atoms with Crippen LogP contribution in [0.15, 0.2) is 43.0 Å². The number of alkyl halides is 1. The fourth-order valence-electron chi connectivity index (χ4n) is 5.53. The number of likely N-dealkylation sites (tertiary alicyclic amines) is 2. The normalized spacial score (nSPS) is 18.1. The van der Waals surface area contributed by atoms with E-state index in [9.17, 15) is 4.39 Å². The maximum atomic E-state index is 15.0. The third-order valence-corrected chi connectivity index (χ3v) is 7.51. The maximum Gasteiger partial charge on any atom is 0.131 e. The molecule has 2 fully saturated rings. The van der Waals surface area contributed by atoms with Crippen LogP contribution >= 0.6 is 0 Å². The van der Waals surface area contributed by atoms with Crippen molar-refractivity contribution < 1.29 is 13.2 Å². The highest BCUT2D eigenvalue weighted by atomic mass is 19.1. The molecule has 0 bridgehead atoms. The van der Waals surface area contributed by atoms with E-state index in [0.29, 0.717) is 18.0 Å². The number of halogens is 3. The molecular formula is C30H39F3N2. The Bertz CT molecular complexity index is 1010. The van der Waals surface area contributed by atoms with Gasteiger partial charge in [0.05, 0.1) is 0 Å². The van der Waals surface area contributed by atoms with Crippen LogP contribution in [-0.4, -0.2) is 48.2 Å². The predicted octanol–water partition coefficient (Wildman–Crippen LogP) is 7.48. The molecular weight excluding hydrogens is 445 g/mol. The molecule has 2 aliphatic heterocycles. The van der Waals surface area contributed by atoms with E-state index in [0.717, 1.165) is 81.5 Å². The first kappa shape index (κ1) is 25.8. The second kappa shape index (κ2) is 11.2. The lowest BCUT2D eigenvalue weighted by molar-refractivity contribution is 0.0943. The number of piperidine rings is 2. The van der Waals surface area contributed by atoms with Gasteiger partial charge < -0.3 is 9.80 Å². The lowest BCUT2D eigenvalue weighted by Gasteiger charge is -2.34. The Balaban J connectivity index is 1.35. The Hall–Kier alpha value is -2.27. The van der Waals surface area contributed by atoms with Gasteiger partial charge in [-0.25, -0.2) is 13.2 Å². The van der Waals surface area contributed by atoms with Gasteiger partial charge in [0, 0.05) is 42.0 Å². The molecule has 2 aliphatic rings. The summed E-state index contributed by atoms with van der Waals surface area (Å²) in [4.78, 5) is 4.41. The zero-order valence-electron chi connectivity index (χ0n) is 21.3. The highest BCUT2D eigenvalue weighted by molar-refractivity contribution is 5.70. The Kier molecular flexibility index (Phi) is 8.26. The number of aryl methyl sites for hydroxylation is 1. The van der Waals surface area contributed by atoms with Crippen molar-refractivity contribution in [1.29, 1.82) is 0 Å². The first-order chi connectivity index (χ1) is 16.7. The van der Waals surface area contributed by atoms with Crippen molar-refractivity contribution in [1.82, 2.24) is 9.80 Å². The molecule has 2 aromatic rings. The Morgan fingerprint density at radius 3 is 2.14 bits per heavy atom. The Morgan fingerprint density at radius 2 is 1.54 bits per heavy atom. The first-order valence-corrected chi connectivity index (χ1v) is 13.1. The van der Waals surface area contributed by atoms with Crippen LogP contribution < -0.4 is 0 Å². The summed E-state index contributed by atoms with van der Waals surface area (Å²) in [6.07, 6.45) is 7.39. The second-order valence-corrected chi connectivity index (χ2v) is 11.0. The number of hydrogen-bond donors (Lipinski definition) is 0. The van der Waals surface area contributed by atoms with Gasteiger partial charge in [0.25, 0.3) is 0 Å². The van der Waals surface area contributed by atoms with Crippen LogP contribution in [0.5, 0.6) is 0 Å². The molecule has 0 spiro atoms. The molecule has 2 nitrogen and oxygen atoms in total. The minimum Gasteiger partial charge on any atom is -0.372 e. The molecule has 4 rings (SSSR count). The summed E-state index contributed by atoms with van der Waals surface area (Å²) in [6, 6.07) is 10.2. The van der Waals surface area contributed by atoms with Crippen molar-refractivity contribution in [2.24, 2.45) is 5.92 Å². The largest absolute Gasteiger partial charge is 0.372 e.